The summed E-state index contributed by atoms with van der Waals surface area (Å²) in [6.45, 7) is 0. The predicted octanol–water partition coefficient (Wildman–Crippen LogP) is 0.918. The van der Waals surface area contributed by atoms with Crippen LogP contribution < -0.4 is 4.90 Å². The summed E-state index contributed by atoms with van der Waals surface area (Å²) in [4.78, 5) is 2.51. The lowest BCUT2D eigenvalue weighted by molar-refractivity contribution is 0.319. The molecule has 6 atom stereocenters. The molecule has 1 aliphatic heterocycles. The SMILES string of the molecule is C1=C[C@H]2[C@@H](C1)[C@H]1C[C@H]2[C@H]2[C@@H]1N2c1ccc2nnnn2n1. The molecule has 2 aromatic heterocycles. The largest absolute Gasteiger partial charge is 0.344 e. The highest BCUT2D eigenvalue weighted by Gasteiger charge is 2.70. The van der Waals surface area contributed by atoms with Crippen LogP contribution in [0.3, 0.4) is 0 Å². The number of hydrogen-bond acceptors (Lipinski definition) is 5. The number of allylic oxidation sites excluding steroid dienone is 2. The highest BCUT2D eigenvalue weighted by atomic mass is 15.6. The van der Waals surface area contributed by atoms with Crippen molar-refractivity contribution in [2.24, 2.45) is 23.7 Å². The van der Waals surface area contributed by atoms with Crippen LogP contribution >= 0.6 is 0 Å². The molecule has 2 bridgehead atoms. The number of nitrogens with zero attached hydrogens (tertiary/aromatic N) is 6. The second kappa shape index (κ2) is 3.02. The van der Waals surface area contributed by atoms with Crippen molar-refractivity contribution in [2.45, 2.75) is 24.9 Å². The molecule has 6 rings (SSSR count). The molecule has 0 aromatic carbocycles. The number of piperidine rings is 1. The van der Waals surface area contributed by atoms with Gasteiger partial charge >= 0.3 is 0 Å². The quantitative estimate of drug-likeness (QED) is 0.567. The minimum Gasteiger partial charge on any atom is -0.344 e. The van der Waals surface area contributed by atoms with Gasteiger partial charge in [-0.25, -0.2) is 0 Å². The standard InChI is InChI=1S/C14H14N6/c1-2-7-8(3-1)10-6-9(7)13-14(10)19(13)12-5-4-11-15-17-18-20(11)16-12/h1-2,4-5,7-10,13-14H,3,6H2/t7-,8+,9+,10+,13-,14+,19?/m0/s1. The van der Waals surface area contributed by atoms with Crippen LogP contribution in [0.5, 0.6) is 0 Å². The molecule has 0 spiro atoms. The van der Waals surface area contributed by atoms with Gasteiger partial charge in [0.15, 0.2) is 11.5 Å². The molecule has 0 unspecified atom stereocenters. The Morgan fingerprint density at radius 2 is 2.05 bits per heavy atom. The van der Waals surface area contributed by atoms with Gasteiger partial charge in [0.25, 0.3) is 0 Å². The molecular weight excluding hydrogens is 252 g/mol. The number of hydrogen-bond donors (Lipinski definition) is 0. The summed E-state index contributed by atoms with van der Waals surface area (Å²) in [6.07, 6.45) is 7.59. The first-order valence-electron chi connectivity index (χ1n) is 7.42. The van der Waals surface area contributed by atoms with Gasteiger partial charge in [0, 0.05) is 0 Å². The normalized spacial score (nSPS) is 43.3. The maximum absolute atomic E-state index is 4.56. The second-order valence-corrected chi connectivity index (χ2v) is 6.57. The van der Waals surface area contributed by atoms with Crippen molar-refractivity contribution in [1.82, 2.24) is 25.3 Å². The van der Waals surface area contributed by atoms with E-state index < -0.39 is 0 Å². The third kappa shape index (κ3) is 0.971. The van der Waals surface area contributed by atoms with Crippen molar-refractivity contribution < 1.29 is 0 Å². The number of fused-ring (bicyclic) bond motifs is 9. The van der Waals surface area contributed by atoms with Crippen molar-refractivity contribution in [3.63, 3.8) is 0 Å². The van der Waals surface area contributed by atoms with Gasteiger partial charge in [-0.2, -0.15) is 0 Å². The van der Waals surface area contributed by atoms with E-state index in [0.717, 1.165) is 35.5 Å². The van der Waals surface area contributed by atoms with E-state index in [1.807, 2.05) is 6.07 Å². The lowest BCUT2D eigenvalue weighted by Gasteiger charge is -2.21. The van der Waals surface area contributed by atoms with Crippen LogP contribution in [0, 0.1) is 23.7 Å². The smallest absolute Gasteiger partial charge is 0.200 e. The first-order valence-corrected chi connectivity index (χ1v) is 7.42. The topological polar surface area (TPSA) is 59.0 Å². The third-order valence-corrected chi connectivity index (χ3v) is 5.95. The summed E-state index contributed by atoms with van der Waals surface area (Å²) in [5, 5.41) is 16.0. The minimum absolute atomic E-state index is 0.712. The Labute approximate surface area is 115 Å². The molecule has 3 heterocycles. The Morgan fingerprint density at radius 1 is 1.10 bits per heavy atom. The zero-order valence-corrected chi connectivity index (χ0v) is 10.9. The number of aromatic nitrogens is 5. The lowest BCUT2D eigenvalue weighted by Crippen LogP contribution is -2.23. The van der Waals surface area contributed by atoms with Gasteiger partial charge in [0.1, 0.15) is 0 Å². The molecule has 3 fully saturated rings. The molecule has 4 aliphatic rings. The van der Waals surface area contributed by atoms with Crippen LogP contribution in [0.2, 0.25) is 0 Å². The van der Waals surface area contributed by atoms with Crippen molar-refractivity contribution in [3.05, 3.63) is 24.3 Å². The molecule has 100 valence electrons. The molecule has 1 saturated heterocycles. The maximum atomic E-state index is 4.56. The number of rotatable bonds is 1. The van der Waals surface area contributed by atoms with Crippen LogP contribution in [-0.4, -0.2) is 37.3 Å². The molecule has 6 nitrogen and oxygen atoms in total. The van der Waals surface area contributed by atoms with Crippen LogP contribution in [0.1, 0.15) is 12.8 Å². The molecule has 2 aromatic rings. The van der Waals surface area contributed by atoms with E-state index in [1.165, 1.54) is 17.5 Å². The lowest BCUT2D eigenvalue weighted by atomic mass is 9.82. The van der Waals surface area contributed by atoms with E-state index in [9.17, 15) is 0 Å². The fraction of sp³-hybridized carbons (Fsp3) is 0.571. The zero-order chi connectivity index (χ0) is 12.8. The van der Waals surface area contributed by atoms with Gasteiger partial charge in [0.05, 0.1) is 12.1 Å². The van der Waals surface area contributed by atoms with Crippen LogP contribution in [-0.2, 0) is 0 Å². The molecule has 0 radical (unpaired) electrons. The maximum Gasteiger partial charge on any atom is 0.200 e. The van der Waals surface area contributed by atoms with E-state index >= 15 is 0 Å². The summed E-state index contributed by atoms with van der Waals surface area (Å²) in [5.41, 5.74) is 0.712. The molecular formula is C14H14N6. The molecule has 2 saturated carbocycles. The minimum atomic E-state index is 0.712. The van der Waals surface area contributed by atoms with Gasteiger partial charge in [-0.05, 0) is 59.1 Å². The molecule has 3 aliphatic carbocycles. The summed E-state index contributed by atoms with van der Waals surface area (Å²) in [7, 11) is 0. The summed E-state index contributed by atoms with van der Waals surface area (Å²) in [6, 6.07) is 5.46. The van der Waals surface area contributed by atoms with E-state index in [-0.39, 0.29) is 0 Å². The number of anilines is 1. The van der Waals surface area contributed by atoms with Gasteiger partial charge in [-0.1, -0.05) is 12.2 Å². The third-order valence-electron chi connectivity index (χ3n) is 5.95. The molecule has 0 N–H and O–H groups in total. The fourth-order valence-electron chi connectivity index (χ4n) is 5.29. The highest BCUT2D eigenvalue weighted by molar-refractivity contribution is 5.57. The summed E-state index contributed by atoms with van der Waals surface area (Å²) < 4.78 is 1.53. The van der Waals surface area contributed by atoms with Gasteiger partial charge in [-0.15, -0.1) is 14.8 Å². The van der Waals surface area contributed by atoms with Gasteiger partial charge < -0.3 is 4.90 Å². The Kier molecular flexibility index (Phi) is 1.49. The van der Waals surface area contributed by atoms with Crippen molar-refractivity contribution in [1.29, 1.82) is 0 Å². The monoisotopic (exact) mass is 266 g/mol. The predicted molar refractivity (Wildman–Crippen MR) is 71.0 cm³/mol. The zero-order valence-electron chi connectivity index (χ0n) is 10.9. The van der Waals surface area contributed by atoms with Gasteiger partial charge in [-0.3, -0.25) is 0 Å². The average Bonchev–Trinajstić information content (AvgIpc) is 2.96. The first-order chi connectivity index (χ1) is 9.92. The van der Waals surface area contributed by atoms with E-state index in [4.69, 9.17) is 0 Å². The van der Waals surface area contributed by atoms with Crippen molar-refractivity contribution in [3.8, 4) is 0 Å². The second-order valence-electron chi connectivity index (χ2n) is 6.57. The first kappa shape index (κ1) is 9.85. The number of tetrazole rings is 1. The van der Waals surface area contributed by atoms with E-state index in [1.54, 1.807) is 0 Å². The Balaban J connectivity index is 1.40. The molecule has 0 amide bonds. The molecule has 20 heavy (non-hydrogen) atoms. The van der Waals surface area contributed by atoms with Crippen LogP contribution in [0.4, 0.5) is 5.82 Å². The molecule has 6 heteroatoms. The average molecular weight is 266 g/mol. The highest BCUT2D eigenvalue weighted by Crippen LogP contribution is 2.66. The Bertz CT molecular complexity index is 751. The Hall–Kier alpha value is -1.98. The van der Waals surface area contributed by atoms with Crippen molar-refractivity contribution in [2.75, 3.05) is 4.90 Å². The van der Waals surface area contributed by atoms with Crippen LogP contribution in [0.25, 0.3) is 5.65 Å². The van der Waals surface area contributed by atoms with Crippen LogP contribution in [0.15, 0.2) is 24.3 Å². The van der Waals surface area contributed by atoms with E-state index in [2.05, 4.69) is 43.7 Å². The van der Waals surface area contributed by atoms with Crippen molar-refractivity contribution >= 4 is 11.5 Å². The Morgan fingerprint density at radius 3 is 3.05 bits per heavy atom. The fourth-order valence-corrected chi connectivity index (χ4v) is 5.29. The summed E-state index contributed by atoms with van der Waals surface area (Å²) >= 11 is 0. The van der Waals surface area contributed by atoms with Gasteiger partial charge in [0.2, 0.25) is 0 Å². The van der Waals surface area contributed by atoms with E-state index in [0.29, 0.717) is 11.7 Å². The summed E-state index contributed by atoms with van der Waals surface area (Å²) in [5.74, 6) is 4.50.